The summed E-state index contributed by atoms with van der Waals surface area (Å²) in [6, 6.07) is 0. The zero-order chi connectivity index (χ0) is 9.68. The number of rotatable bonds is 3. The van der Waals surface area contributed by atoms with Crippen molar-refractivity contribution in [3.05, 3.63) is 0 Å². The lowest BCUT2D eigenvalue weighted by molar-refractivity contribution is 0.0840. The van der Waals surface area contributed by atoms with Gasteiger partial charge in [0.15, 0.2) is 0 Å². The summed E-state index contributed by atoms with van der Waals surface area (Å²) in [4.78, 5) is 10.5. The molecule has 0 heterocycles. The Bertz CT molecular complexity index is 167. The van der Waals surface area contributed by atoms with E-state index in [0.717, 1.165) is 30.9 Å². The minimum atomic E-state index is -0.633. The first kappa shape index (κ1) is 10.7. The predicted molar refractivity (Wildman–Crippen MR) is 54.8 cm³/mol. The highest BCUT2D eigenvalue weighted by Gasteiger charge is 2.22. The average molecular weight is 203 g/mol. The van der Waals surface area contributed by atoms with Gasteiger partial charge in [-0.3, -0.25) is 0 Å². The highest BCUT2D eigenvalue weighted by Crippen LogP contribution is 2.29. The van der Waals surface area contributed by atoms with Crippen LogP contribution in [0.15, 0.2) is 0 Å². The minimum Gasteiger partial charge on any atom is -0.446 e. The molecule has 1 saturated carbocycles. The first-order valence-corrected chi connectivity index (χ1v) is 5.85. The van der Waals surface area contributed by atoms with Crippen LogP contribution in [0.3, 0.4) is 0 Å². The van der Waals surface area contributed by atoms with Crippen molar-refractivity contribution in [2.45, 2.75) is 44.0 Å². The van der Waals surface area contributed by atoms with Crippen LogP contribution in [0, 0.1) is 0 Å². The van der Waals surface area contributed by atoms with E-state index in [2.05, 4.69) is 6.92 Å². The van der Waals surface area contributed by atoms with Gasteiger partial charge < -0.3 is 10.5 Å². The molecule has 76 valence electrons. The molecule has 3 nitrogen and oxygen atoms in total. The molecule has 0 radical (unpaired) electrons. The molecule has 0 aromatic carbocycles. The molecule has 0 atom stereocenters. The zero-order valence-electron chi connectivity index (χ0n) is 7.99. The van der Waals surface area contributed by atoms with Crippen LogP contribution >= 0.6 is 11.8 Å². The molecule has 0 spiro atoms. The Morgan fingerprint density at radius 3 is 2.54 bits per heavy atom. The van der Waals surface area contributed by atoms with Gasteiger partial charge in [-0.2, -0.15) is 11.8 Å². The molecule has 0 aliphatic heterocycles. The molecule has 0 unspecified atom stereocenters. The summed E-state index contributed by atoms with van der Waals surface area (Å²) in [6.07, 6.45) is 3.69. The molecular weight excluding hydrogens is 186 g/mol. The summed E-state index contributed by atoms with van der Waals surface area (Å²) in [5, 5.41) is 0.762. The van der Waals surface area contributed by atoms with E-state index in [9.17, 15) is 4.79 Å². The van der Waals surface area contributed by atoms with E-state index < -0.39 is 6.09 Å². The maximum Gasteiger partial charge on any atom is 0.404 e. The normalized spacial score (nSPS) is 28.4. The molecule has 1 aliphatic carbocycles. The van der Waals surface area contributed by atoms with Crippen LogP contribution in [-0.2, 0) is 4.74 Å². The number of thioether (sulfide) groups is 1. The van der Waals surface area contributed by atoms with Crippen molar-refractivity contribution >= 4 is 17.9 Å². The van der Waals surface area contributed by atoms with E-state index in [1.54, 1.807) is 0 Å². The Morgan fingerprint density at radius 1 is 1.46 bits per heavy atom. The molecular formula is C9H17NO2S. The van der Waals surface area contributed by atoms with Gasteiger partial charge in [0.05, 0.1) is 0 Å². The lowest BCUT2D eigenvalue weighted by Gasteiger charge is -2.27. The third-order valence-electron chi connectivity index (χ3n) is 2.31. The molecule has 1 amide bonds. The highest BCUT2D eigenvalue weighted by molar-refractivity contribution is 7.99. The first-order valence-electron chi connectivity index (χ1n) is 4.80. The van der Waals surface area contributed by atoms with E-state index >= 15 is 0 Å². The van der Waals surface area contributed by atoms with Crippen LogP contribution < -0.4 is 5.73 Å². The second-order valence-corrected chi connectivity index (χ2v) is 4.87. The van der Waals surface area contributed by atoms with Crippen molar-refractivity contribution in [1.29, 1.82) is 0 Å². The summed E-state index contributed by atoms with van der Waals surface area (Å²) < 4.78 is 4.95. The molecule has 1 rings (SSSR count). The summed E-state index contributed by atoms with van der Waals surface area (Å²) in [5.74, 6) is 1.17. The molecule has 0 bridgehead atoms. The molecule has 0 aromatic heterocycles. The minimum absolute atomic E-state index is 0.0752. The number of hydrogen-bond donors (Lipinski definition) is 1. The number of ether oxygens (including phenoxy) is 1. The summed E-state index contributed by atoms with van der Waals surface area (Å²) in [5.41, 5.74) is 4.95. The SMILES string of the molecule is CCSC1CCC(OC(N)=O)CC1. The highest BCUT2D eigenvalue weighted by atomic mass is 32.2. The summed E-state index contributed by atoms with van der Waals surface area (Å²) in [7, 11) is 0. The van der Waals surface area contributed by atoms with E-state index in [-0.39, 0.29) is 6.10 Å². The van der Waals surface area contributed by atoms with Gasteiger partial charge in [0, 0.05) is 5.25 Å². The Kier molecular flexibility index (Phi) is 4.42. The van der Waals surface area contributed by atoms with Crippen molar-refractivity contribution in [3.63, 3.8) is 0 Å². The molecule has 13 heavy (non-hydrogen) atoms. The van der Waals surface area contributed by atoms with Crippen LogP contribution in [0.25, 0.3) is 0 Å². The molecule has 0 saturated heterocycles. The zero-order valence-corrected chi connectivity index (χ0v) is 8.81. The van der Waals surface area contributed by atoms with Gasteiger partial charge in [-0.05, 0) is 31.4 Å². The molecule has 1 fully saturated rings. The number of primary amides is 1. The van der Waals surface area contributed by atoms with Gasteiger partial charge in [-0.1, -0.05) is 6.92 Å². The Labute approximate surface area is 83.4 Å². The third-order valence-corrected chi connectivity index (χ3v) is 3.58. The van der Waals surface area contributed by atoms with Crippen molar-refractivity contribution in [1.82, 2.24) is 0 Å². The fourth-order valence-corrected chi connectivity index (χ4v) is 2.79. The van der Waals surface area contributed by atoms with Gasteiger partial charge >= 0.3 is 6.09 Å². The Hall–Kier alpha value is -0.380. The number of carbonyl (C=O) groups is 1. The number of nitrogens with two attached hydrogens (primary N) is 1. The third kappa shape index (κ3) is 3.89. The van der Waals surface area contributed by atoms with Gasteiger partial charge in [-0.15, -0.1) is 0 Å². The van der Waals surface area contributed by atoms with Crippen molar-refractivity contribution in [2.75, 3.05) is 5.75 Å². The van der Waals surface area contributed by atoms with Crippen molar-refractivity contribution in [2.24, 2.45) is 5.73 Å². The monoisotopic (exact) mass is 203 g/mol. The maximum atomic E-state index is 10.5. The molecule has 2 N–H and O–H groups in total. The second-order valence-electron chi connectivity index (χ2n) is 3.29. The van der Waals surface area contributed by atoms with E-state index in [4.69, 9.17) is 10.5 Å². The van der Waals surface area contributed by atoms with Crippen LogP contribution in [0.1, 0.15) is 32.6 Å². The lowest BCUT2D eigenvalue weighted by Crippen LogP contribution is -2.28. The predicted octanol–water partition coefficient (Wildman–Crippen LogP) is 2.15. The van der Waals surface area contributed by atoms with Crippen LogP contribution in [-0.4, -0.2) is 23.2 Å². The van der Waals surface area contributed by atoms with Crippen LogP contribution in [0.2, 0.25) is 0 Å². The Balaban J connectivity index is 2.18. The van der Waals surface area contributed by atoms with Gasteiger partial charge in [0.25, 0.3) is 0 Å². The van der Waals surface area contributed by atoms with Crippen LogP contribution in [0.4, 0.5) is 4.79 Å². The molecule has 0 aromatic rings. The molecule has 4 heteroatoms. The van der Waals surface area contributed by atoms with Crippen molar-refractivity contribution in [3.8, 4) is 0 Å². The number of hydrogen-bond acceptors (Lipinski definition) is 3. The molecule has 1 aliphatic rings. The average Bonchev–Trinajstić information content (AvgIpc) is 2.08. The van der Waals surface area contributed by atoms with Gasteiger partial charge in [0.1, 0.15) is 6.10 Å². The number of carbonyl (C=O) groups excluding carboxylic acids is 1. The lowest BCUT2D eigenvalue weighted by atomic mass is 9.97. The topological polar surface area (TPSA) is 52.3 Å². The standard InChI is InChI=1S/C9H17NO2S/c1-2-13-8-5-3-7(4-6-8)12-9(10)11/h7-8H,2-6H2,1H3,(H2,10,11). The maximum absolute atomic E-state index is 10.5. The van der Waals surface area contributed by atoms with E-state index in [0.29, 0.717) is 0 Å². The van der Waals surface area contributed by atoms with E-state index in [1.165, 1.54) is 5.75 Å². The summed E-state index contributed by atoms with van der Waals surface area (Å²) >= 11 is 2.00. The van der Waals surface area contributed by atoms with E-state index in [1.807, 2.05) is 11.8 Å². The number of amides is 1. The second kappa shape index (κ2) is 5.37. The van der Waals surface area contributed by atoms with Gasteiger partial charge in [0.2, 0.25) is 0 Å². The Morgan fingerprint density at radius 2 is 2.08 bits per heavy atom. The first-order chi connectivity index (χ1) is 6.22. The van der Waals surface area contributed by atoms with Gasteiger partial charge in [-0.25, -0.2) is 4.79 Å². The smallest absolute Gasteiger partial charge is 0.404 e. The quantitative estimate of drug-likeness (QED) is 0.764. The summed E-state index contributed by atoms with van der Waals surface area (Å²) in [6.45, 7) is 2.18. The van der Waals surface area contributed by atoms with Crippen LogP contribution in [0.5, 0.6) is 0 Å². The fraction of sp³-hybridized carbons (Fsp3) is 0.889. The fourth-order valence-electron chi connectivity index (χ4n) is 1.72. The largest absolute Gasteiger partial charge is 0.446 e. The van der Waals surface area contributed by atoms with Crippen molar-refractivity contribution < 1.29 is 9.53 Å².